The van der Waals surface area contributed by atoms with E-state index in [-0.39, 0.29) is 5.91 Å². The molecular formula is C11H12N4O. The predicted molar refractivity (Wildman–Crippen MR) is 60.7 cm³/mol. The molecule has 0 bridgehead atoms. The molecule has 1 aromatic heterocycles. The predicted octanol–water partition coefficient (Wildman–Crippen LogP) is 1.44. The van der Waals surface area contributed by atoms with Crippen LogP contribution in [0, 0.1) is 0 Å². The van der Waals surface area contributed by atoms with Gasteiger partial charge in [-0.3, -0.25) is 4.79 Å². The van der Waals surface area contributed by atoms with Crippen LogP contribution in [0.3, 0.4) is 0 Å². The number of nitrogens with zero attached hydrogens (tertiary/aromatic N) is 3. The second-order valence-electron chi connectivity index (χ2n) is 3.49. The van der Waals surface area contributed by atoms with Crippen molar-refractivity contribution in [2.24, 2.45) is 7.05 Å². The van der Waals surface area contributed by atoms with Gasteiger partial charge in [0.1, 0.15) is 6.33 Å². The largest absolute Gasteiger partial charge is 0.326 e. The molecule has 0 aliphatic heterocycles. The number of aryl methyl sites for hydroxylation is 1. The summed E-state index contributed by atoms with van der Waals surface area (Å²) >= 11 is 0. The highest BCUT2D eigenvalue weighted by molar-refractivity contribution is 5.93. The molecule has 0 aliphatic carbocycles. The Morgan fingerprint density at radius 2 is 2.12 bits per heavy atom. The molecule has 0 spiro atoms. The number of amides is 1. The summed E-state index contributed by atoms with van der Waals surface area (Å²) in [6.07, 6.45) is 1.62. The molecule has 0 unspecified atom stereocenters. The number of rotatable bonds is 2. The molecule has 0 fully saturated rings. The van der Waals surface area contributed by atoms with E-state index in [2.05, 4.69) is 15.5 Å². The zero-order chi connectivity index (χ0) is 11.5. The van der Waals surface area contributed by atoms with Gasteiger partial charge in [-0.2, -0.15) is 0 Å². The van der Waals surface area contributed by atoms with Crippen LogP contribution in [-0.4, -0.2) is 20.7 Å². The van der Waals surface area contributed by atoms with E-state index in [4.69, 9.17) is 0 Å². The summed E-state index contributed by atoms with van der Waals surface area (Å²) in [7, 11) is 1.86. The molecule has 16 heavy (non-hydrogen) atoms. The summed E-state index contributed by atoms with van der Waals surface area (Å²) in [5.74, 6) is 0.624. The molecule has 2 rings (SSSR count). The first-order valence-corrected chi connectivity index (χ1v) is 4.89. The highest BCUT2D eigenvalue weighted by Crippen LogP contribution is 2.25. The number of hydrogen-bond acceptors (Lipinski definition) is 3. The first-order chi connectivity index (χ1) is 7.68. The van der Waals surface area contributed by atoms with Gasteiger partial charge in [-0.25, -0.2) is 0 Å². The first kappa shape index (κ1) is 10.4. The van der Waals surface area contributed by atoms with Gasteiger partial charge in [0, 0.05) is 19.5 Å². The summed E-state index contributed by atoms with van der Waals surface area (Å²) < 4.78 is 1.81. The van der Waals surface area contributed by atoms with E-state index in [1.165, 1.54) is 6.92 Å². The molecule has 1 aromatic carbocycles. The average molecular weight is 216 g/mol. The van der Waals surface area contributed by atoms with Crippen LogP contribution in [0.2, 0.25) is 0 Å². The van der Waals surface area contributed by atoms with Crippen molar-refractivity contribution in [3.63, 3.8) is 0 Å². The zero-order valence-corrected chi connectivity index (χ0v) is 9.14. The van der Waals surface area contributed by atoms with Gasteiger partial charge < -0.3 is 9.88 Å². The summed E-state index contributed by atoms with van der Waals surface area (Å²) in [5, 5.41) is 10.6. The third-order valence-corrected chi connectivity index (χ3v) is 2.19. The molecule has 0 radical (unpaired) electrons. The van der Waals surface area contributed by atoms with E-state index in [9.17, 15) is 4.79 Å². The minimum atomic E-state index is -0.102. The van der Waals surface area contributed by atoms with Crippen molar-refractivity contribution in [3.05, 3.63) is 30.6 Å². The third kappa shape index (κ3) is 1.93. The number of hydrogen-bond donors (Lipinski definition) is 1. The lowest BCUT2D eigenvalue weighted by Crippen LogP contribution is -2.07. The lowest BCUT2D eigenvalue weighted by atomic mass is 10.1. The fourth-order valence-corrected chi connectivity index (χ4v) is 1.50. The molecule has 1 amide bonds. The Balaban J connectivity index is 2.48. The number of benzene rings is 1. The van der Waals surface area contributed by atoms with Gasteiger partial charge in [0.15, 0.2) is 5.82 Å². The molecule has 5 nitrogen and oxygen atoms in total. The molecule has 0 saturated heterocycles. The lowest BCUT2D eigenvalue weighted by Gasteiger charge is -2.08. The zero-order valence-electron chi connectivity index (χ0n) is 9.14. The quantitative estimate of drug-likeness (QED) is 0.826. The maximum atomic E-state index is 11.1. The van der Waals surface area contributed by atoms with Gasteiger partial charge in [0.25, 0.3) is 0 Å². The summed E-state index contributed by atoms with van der Waals surface area (Å²) in [5.41, 5.74) is 1.60. The second-order valence-corrected chi connectivity index (χ2v) is 3.49. The third-order valence-electron chi connectivity index (χ3n) is 2.19. The maximum absolute atomic E-state index is 11.1. The van der Waals surface area contributed by atoms with Gasteiger partial charge >= 0.3 is 0 Å². The van der Waals surface area contributed by atoms with Crippen molar-refractivity contribution in [2.45, 2.75) is 6.92 Å². The van der Waals surface area contributed by atoms with Gasteiger partial charge in [0.2, 0.25) is 5.91 Å². The van der Waals surface area contributed by atoms with Crippen LogP contribution < -0.4 is 5.32 Å². The van der Waals surface area contributed by atoms with Crippen LogP contribution in [0.4, 0.5) is 5.69 Å². The molecule has 5 heteroatoms. The molecule has 1 N–H and O–H groups in total. The molecular weight excluding hydrogens is 204 g/mol. The van der Waals surface area contributed by atoms with Gasteiger partial charge in [0.05, 0.1) is 5.69 Å². The molecule has 0 saturated carbocycles. The fraction of sp³-hybridized carbons (Fsp3) is 0.182. The molecule has 2 aromatic rings. The molecule has 82 valence electrons. The first-order valence-electron chi connectivity index (χ1n) is 4.89. The summed E-state index contributed by atoms with van der Waals surface area (Å²) in [6, 6.07) is 7.50. The minimum Gasteiger partial charge on any atom is -0.326 e. The monoisotopic (exact) mass is 216 g/mol. The normalized spacial score (nSPS) is 10.1. The van der Waals surface area contributed by atoms with E-state index in [0.717, 1.165) is 17.1 Å². The van der Waals surface area contributed by atoms with E-state index in [1.807, 2.05) is 31.3 Å². The second kappa shape index (κ2) is 4.14. The lowest BCUT2D eigenvalue weighted by molar-refractivity contribution is -0.114. The van der Waals surface area contributed by atoms with Gasteiger partial charge in [-0.1, -0.05) is 12.1 Å². The van der Waals surface area contributed by atoms with Crippen LogP contribution in [0.5, 0.6) is 0 Å². The molecule has 1 heterocycles. The summed E-state index contributed by atoms with van der Waals surface area (Å²) in [6.45, 7) is 1.48. The van der Waals surface area contributed by atoms with Crippen molar-refractivity contribution < 1.29 is 4.79 Å². The number of para-hydroxylation sites is 1. The number of carbonyl (C=O) groups excluding carboxylic acids is 1. The number of aromatic nitrogens is 3. The SMILES string of the molecule is CC(=O)Nc1ccccc1-c1nncn1C. The van der Waals surface area contributed by atoms with Crippen molar-refractivity contribution in [3.8, 4) is 11.4 Å². The van der Waals surface area contributed by atoms with Crippen LogP contribution in [0.15, 0.2) is 30.6 Å². The Morgan fingerprint density at radius 1 is 1.38 bits per heavy atom. The standard InChI is InChI=1S/C11H12N4O/c1-8(16)13-10-6-4-3-5-9(10)11-14-12-7-15(11)2/h3-7H,1-2H3,(H,13,16). The van der Waals surface area contributed by atoms with Crippen LogP contribution in [0.25, 0.3) is 11.4 Å². The smallest absolute Gasteiger partial charge is 0.221 e. The Bertz CT molecular complexity index is 518. The summed E-state index contributed by atoms with van der Waals surface area (Å²) in [4.78, 5) is 11.1. The van der Waals surface area contributed by atoms with Crippen molar-refractivity contribution in [1.82, 2.24) is 14.8 Å². The average Bonchev–Trinajstić information content (AvgIpc) is 2.64. The number of nitrogens with one attached hydrogen (secondary N) is 1. The molecule has 0 atom stereocenters. The number of carbonyl (C=O) groups is 1. The highest BCUT2D eigenvalue weighted by atomic mass is 16.1. The van der Waals surface area contributed by atoms with E-state index in [1.54, 1.807) is 10.9 Å². The topological polar surface area (TPSA) is 59.8 Å². The number of anilines is 1. The minimum absolute atomic E-state index is 0.102. The van der Waals surface area contributed by atoms with Gasteiger partial charge in [-0.05, 0) is 12.1 Å². The fourth-order valence-electron chi connectivity index (χ4n) is 1.50. The Kier molecular flexibility index (Phi) is 2.68. The Labute approximate surface area is 93.1 Å². The van der Waals surface area contributed by atoms with Crippen LogP contribution >= 0.6 is 0 Å². The Morgan fingerprint density at radius 3 is 2.75 bits per heavy atom. The van der Waals surface area contributed by atoms with E-state index < -0.39 is 0 Å². The Hall–Kier alpha value is -2.17. The van der Waals surface area contributed by atoms with Crippen LogP contribution in [0.1, 0.15) is 6.92 Å². The van der Waals surface area contributed by atoms with E-state index >= 15 is 0 Å². The van der Waals surface area contributed by atoms with Crippen molar-refractivity contribution in [1.29, 1.82) is 0 Å². The van der Waals surface area contributed by atoms with Crippen molar-refractivity contribution >= 4 is 11.6 Å². The maximum Gasteiger partial charge on any atom is 0.221 e. The molecule has 0 aliphatic rings. The van der Waals surface area contributed by atoms with Crippen molar-refractivity contribution in [2.75, 3.05) is 5.32 Å². The highest BCUT2D eigenvalue weighted by Gasteiger charge is 2.09. The van der Waals surface area contributed by atoms with Crippen LogP contribution in [-0.2, 0) is 11.8 Å². The van der Waals surface area contributed by atoms with Gasteiger partial charge in [-0.15, -0.1) is 10.2 Å². The van der Waals surface area contributed by atoms with E-state index in [0.29, 0.717) is 0 Å².